The van der Waals surface area contributed by atoms with E-state index in [1.165, 1.54) is 24.3 Å². The van der Waals surface area contributed by atoms with Crippen molar-refractivity contribution in [3.63, 3.8) is 0 Å². The number of nitrogen functional groups attached to an aromatic ring is 1. The molecule has 0 saturated heterocycles. The van der Waals surface area contributed by atoms with Crippen LogP contribution >= 0.6 is 7.60 Å². The fourth-order valence-electron chi connectivity index (χ4n) is 3.08. The molecule has 0 fully saturated rings. The van der Waals surface area contributed by atoms with Crippen LogP contribution < -0.4 is 11.1 Å². The summed E-state index contributed by atoms with van der Waals surface area (Å²) in [6.07, 6.45) is 5.85. The highest BCUT2D eigenvalue weighted by Crippen LogP contribution is 2.64. The monoisotopic (exact) mass is 446 g/mol. The number of benzene rings is 2. The number of hydrogen-bond donors (Lipinski definition) is 2. The molecule has 0 aliphatic rings. The first-order chi connectivity index (χ1) is 14.6. The fraction of sp³-hybridized carbons (Fsp3) is 0.261. The number of hydrogen-bond acceptors (Lipinski definition) is 5. The van der Waals surface area contributed by atoms with Crippen LogP contribution in [0.15, 0.2) is 60.7 Å². The van der Waals surface area contributed by atoms with Gasteiger partial charge in [0, 0.05) is 25.3 Å². The van der Waals surface area contributed by atoms with E-state index in [1.54, 1.807) is 12.1 Å². The van der Waals surface area contributed by atoms with E-state index in [4.69, 9.17) is 14.8 Å². The van der Waals surface area contributed by atoms with Gasteiger partial charge in [0.1, 0.15) is 0 Å². The highest BCUT2D eigenvalue weighted by Gasteiger charge is 2.48. The summed E-state index contributed by atoms with van der Waals surface area (Å²) < 4.78 is 37.3. The number of halogens is 1. The lowest BCUT2D eigenvalue weighted by molar-refractivity contribution is 0.102. The van der Waals surface area contributed by atoms with Gasteiger partial charge in [-0.05, 0) is 56.2 Å². The van der Waals surface area contributed by atoms with Crippen molar-refractivity contribution in [3.8, 4) is 0 Å². The van der Waals surface area contributed by atoms with Gasteiger partial charge in [-0.25, -0.2) is 4.39 Å². The van der Waals surface area contributed by atoms with Crippen LogP contribution in [-0.2, 0) is 19.0 Å². The Bertz CT molecular complexity index is 1040. The normalized spacial score (nSPS) is 14.5. The first kappa shape index (κ1) is 24.5. The average molecular weight is 446 g/mol. The van der Waals surface area contributed by atoms with Crippen LogP contribution in [0.2, 0.25) is 0 Å². The van der Waals surface area contributed by atoms with Gasteiger partial charge in [-0.2, -0.15) is 0 Å². The molecule has 1 amide bonds. The molecule has 8 heteroatoms. The second-order valence-corrected chi connectivity index (χ2v) is 9.46. The van der Waals surface area contributed by atoms with E-state index in [0.29, 0.717) is 11.4 Å². The summed E-state index contributed by atoms with van der Waals surface area (Å²) in [5.74, 6) is -0.411. The van der Waals surface area contributed by atoms with Gasteiger partial charge in [-0.3, -0.25) is 9.36 Å². The van der Waals surface area contributed by atoms with E-state index >= 15 is 4.39 Å². The minimum absolute atomic E-state index is 0.0710. The highest BCUT2D eigenvalue weighted by molar-refractivity contribution is 7.54. The summed E-state index contributed by atoms with van der Waals surface area (Å²) >= 11 is 0. The van der Waals surface area contributed by atoms with Crippen LogP contribution in [0.1, 0.15) is 42.3 Å². The minimum atomic E-state index is -4.02. The van der Waals surface area contributed by atoms with E-state index in [1.807, 2.05) is 38.1 Å². The number of nitrogens with one attached hydrogen (secondary N) is 1. The second kappa shape index (κ2) is 10.1. The van der Waals surface area contributed by atoms with Crippen molar-refractivity contribution in [3.05, 3.63) is 77.4 Å². The maximum Gasteiger partial charge on any atom is 0.371 e. The van der Waals surface area contributed by atoms with Crippen molar-refractivity contribution in [1.82, 2.24) is 0 Å². The van der Waals surface area contributed by atoms with Crippen LogP contribution in [-0.4, -0.2) is 20.1 Å². The molecule has 31 heavy (non-hydrogen) atoms. The van der Waals surface area contributed by atoms with E-state index in [0.717, 1.165) is 32.3 Å². The van der Waals surface area contributed by atoms with Crippen molar-refractivity contribution in [1.29, 1.82) is 0 Å². The van der Waals surface area contributed by atoms with E-state index in [2.05, 4.69) is 5.32 Å². The maximum atomic E-state index is 15.2. The summed E-state index contributed by atoms with van der Waals surface area (Å²) in [7, 11) is -1.78. The number of carbonyl (C=O) groups is 1. The first-order valence-corrected chi connectivity index (χ1v) is 11.2. The summed E-state index contributed by atoms with van der Waals surface area (Å²) in [6, 6.07) is 11.0. The zero-order chi connectivity index (χ0) is 23.2. The topological polar surface area (TPSA) is 90.7 Å². The Hall–Kier alpha value is -2.73. The molecule has 2 rings (SSSR count). The predicted molar refractivity (Wildman–Crippen MR) is 124 cm³/mol. The Labute approximate surface area is 182 Å². The van der Waals surface area contributed by atoms with Gasteiger partial charge in [-0.1, -0.05) is 36.4 Å². The third-order valence-electron chi connectivity index (χ3n) is 4.96. The lowest BCUT2D eigenvalue weighted by atomic mass is 10.0. The van der Waals surface area contributed by atoms with Gasteiger partial charge in [0.2, 0.25) is 5.41 Å². The van der Waals surface area contributed by atoms with Crippen LogP contribution in [0.25, 0.3) is 5.57 Å². The Morgan fingerprint density at radius 1 is 1.10 bits per heavy atom. The molecule has 166 valence electrons. The molecule has 0 aliphatic heterocycles. The molecule has 0 aromatic heterocycles. The predicted octanol–water partition coefficient (Wildman–Crippen LogP) is 6.13. The molecule has 0 saturated carbocycles. The lowest BCUT2D eigenvalue weighted by Gasteiger charge is -2.27. The minimum Gasteiger partial charge on any atom is -0.397 e. The van der Waals surface area contributed by atoms with Crippen LogP contribution in [0, 0.1) is 0 Å². The molecule has 0 bridgehead atoms. The highest BCUT2D eigenvalue weighted by atomic mass is 31.2. The maximum absolute atomic E-state index is 15.2. The van der Waals surface area contributed by atoms with Gasteiger partial charge in [0.15, 0.2) is 0 Å². The Morgan fingerprint density at radius 3 is 2.19 bits per heavy atom. The Balaban J connectivity index is 2.29. The molecule has 2 aromatic rings. The van der Waals surface area contributed by atoms with Gasteiger partial charge in [0.25, 0.3) is 5.91 Å². The second-order valence-electron chi connectivity index (χ2n) is 6.89. The molecule has 2 aromatic carbocycles. The van der Waals surface area contributed by atoms with Gasteiger partial charge in [0.05, 0.1) is 11.4 Å². The molecule has 0 aliphatic carbocycles. The van der Waals surface area contributed by atoms with E-state index < -0.39 is 18.9 Å². The molecule has 1 unspecified atom stereocenters. The van der Waals surface area contributed by atoms with Crippen molar-refractivity contribution in [2.24, 2.45) is 0 Å². The SMILES string of the molecule is C/C=C\C(=C/C)c1ccc(N)c(NC(=O)c2ccc(C(C)(F)P(=O)(OC)OC)cc2)c1. The zero-order valence-electron chi connectivity index (χ0n) is 18.3. The third kappa shape index (κ3) is 5.13. The number of anilines is 2. The molecule has 6 nitrogen and oxygen atoms in total. The Morgan fingerprint density at radius 2 is 1.68 bits per heavy atom. The number of carbonyl (C=O) groups excluding carboxylic acids is 1. The van der Waals surface area contributed by atoms with Crippen LogP contribution in [0.5, 0.6) is 0 Å². The number of rotatable bonds is 8. The molecular weight excluding hydrogens is 418 g/mol. The summed E-state index contributed by atoms with van der Waals surface area (Å²) in [5, 5.41) is 0.411. The standard InChI is InChI=1S/C23H28FN2O4P/c1-6-8-16(7-2)18-11-14-20(25)21(15-18)26-22(27)17-9-12-19(13-10-17)23(3,24)31(28,29-4)30-5/h6-15H,25H2,1-5H3,(H,26,27)/b8-6-,16-7+. The largest absolute Gasteiger partial charge is 0.397 e. The molecular formula is C23H28FN2O4P. The summed E-state index contributed by atoms with van der Waals surface area (Å²) in [4.78, 5) is 12.7. The van der Waals surface area contributed by atoms with Gasteiger partial charge >= 0.3 is 7.60 Å². The number of alkyl halides is 1. The fourth-order valence-corrected chi connectivity index (χ4v) is 4.38. The quantitative estimate of drug-likeness (QED) is 0.289. The molecule has 0 heterocycles. The number of allylic oxidation sites excluding steroid dienone is 4. The van der Waals surface area contributed by atoms with Gasteiger partial charge < -0.3 is 20.1 Å². The first-order valence-electron chi connectivity index (χ1n) is 9.64. The molecule has 3 N–H and O–H groups in total. The van der Waals surface area contributed by atoms with Crippen molar-refractivity contribution in [2.75, 3.05) is 25.3 Å². The van der Waals surface area contributed by atoms with Crippen molar-refractivity contribution in [2.45, 2.75) is 26.2 Å². The lowest BCUT2D eigenvalue weighted by Crippen LogP contribution is -2.19. The molecule has 0 radical (unpaired) electrons. The zero-order valence-corrected chi connectivity index (χ0v) is 19.2. The third-order valence-corrected chi connectivity index (χ3v) is 7.21. The summed E-state index contributed by atoms with van der Waals surface area (Å²) in [5.41, 5.74) is 9.17. The Kier molecular flexibility index (Phi) is 7.96. The number of nitrogens with two attached hydrogens (primary N) is 1. The van der Waals surface area contributed by atoms with E-state index in [-0.39, 0.29) is 11.1 Å². The van der Waals surface area contributed by atoms with Crippen LogP contribution in [0.3, 0.4) is 0 Å². The molecule has 1 atom stereocenters. The number of amides is 1. The van der Waals surface area contributed by atoms with Crippen molar-refractivity contribution >= 4 is 30.5 Å². The van der Waals surface area contributed by atoms with Gasteiger partial charge in [-0.15, -0.1) is 0 Å². The smallest absolute Gasteiger partial charge is 0.371 e. The summed E-state index contributed by atoms with van der Waals surface area (Å²) in [6.45, 7) is 4.97. The average Bonchev–Trinajstić information content (AvgIpc) is 2.78. The van der Waals surface area contributed by atoms with E-state index in [9.17, 15) is 9.36 Å². The van der Waals surface area contributed by atoms with Crippen molar-refractivity contribution < 1.29 is 22.8 Å². The van der Waals surface area contributed by atoms with Crippen LogP contribution in [0.4, 0.5) is 15.8 Å². The molecule has 0 spiro atoms.